The lowest BCUT2D eigenvalue weighted by Crippen LogP contribution is -1.88. The fourth-order valence-electron chi connectivity index (χ4n) is 0.912. The fourth-order valence-corrected chi connectivity index (χ4v) is 1.10. The summed E-state index contributed by atoms with van der Waals surface area (Å²) < 4.78 is 1.79. The van der Waals surface area contributed by atoms with Gasteiger partial charge in [-0.15, -0.1) is 10.2 Å². The SMILES string of the molecule is Cc1nnc2c(Cl)nccn12. The zero-order chi connectivity index (χ0) is 7.84. The molecule has 0 spiro atoms. The number of nitrogens with zero attached hydrogens (tertiary/aromatic N) is 4. The van der Waals surface area contributed by atoms with Crippen molar-refractivity contribution < 1.29 is 0 Å². The van der Waals surface area contributed by atoms with Gasteiger partial charge in [0.05, 0.1) is 0 Å². The van der Waals surface area contributed by atoms with E-state index in [0.717, 1.165) is 5.82 Å². The number of aromatic nitrogens is 4. The van der Waals surface area contributed by atoms with Crippen molar-refractivity contribution in [1.82, 2.24) is 19.6 Å². The molecular formula is C6H5ClN4. The van der Waals surface area contributed by atoms with Crippen molar-refractivity contribution in [2.24, 2.45) is 0 Å². The van der Waals surface area contributed by atoms with Gasteiger partial charge in [-0.25, -0.2) is 4.98 Å². The molecule has 5 heteroatoms. The molecule has 11 heavy (non-hydrogen) atoms. The third-order valence-electron chi connectivity index (χ3n) is 1.45. The molecule has 56 valence electrons. The summed E-state index contributed by atoms with van der Waals surface area (Å²) in [5.41, 5.74) is 0.603. The van der Waals surface area contributed by atoms with Gasteiger partial charge in [0.1, 0.15) is 5.82 Å². The first-order chi connectivity index (χ1) is 5.29. The summed E-state index contributed by atoms with van der Waals surface area (Å²) in [7, 11) is 0. The number of halogens is 1. The number of fused-ring (bicyclic) bond motifs is 1. The third kappa shape index (κ3) is 0.867. The van der Waals surface area contributed by atoms with Crippen molar-refractivity contribution in [2.75, 3.05) is 0 Å². The lowest BCUT2D eigenvalue weighted by molar-refractivity contribution is 1.00. The van der Waals surface area contributed by atoms with Crippen LogP contribution in [-0.4, -0.2) is 19.6 Å². The molecule has 0 aliphatic rings. The minimum absolute atomic E-state index is 0.383. The predicted octanol–water partition coefficient (Wildman–Crippen LogP) is 1.09. The van der Waals surface area contributed by atoms with Gasteiger partial charge in [0, 0.05) is 12.4 Å². The molecule has 0 bridgehead atoms. The zero-order valence-corrected chi connectivity index (χ0v) is 6.58. The van der Waals surface area contributed by atoms with Crippen LogP contribution in [0, 0.1) is 6.92 Å². The zero-order valence-electron chi connectivity index (χ0n) is 5.82. The van der Waals surface area contributed by atoms with E-state index in [4.69, 9.17) is 11.6 Å². The quantitative estimate of drug-likeness (QED) is 0.592. The van der Waals surface area contributed by atoms with Crippen molar-refractivity contribution in [3.63, 3.8) is 0 Å². The van der Waals surface area contributed by atoms with E-state index in [-0.39, 0.29) is 0 Å². The first kappa shape index (κ1) is 6.54. The van der Waals surface area contributed by atoms with E-state index in [1.165, 1.54) is 0 Å². The fraction of sp³-hybridized carbons (Fsp3) is 0.167. The molecule has 2 rings (SSSR count). The Bertz CT molecular complexity index is 394. The van der Waals surface area contributed by atoms with E-state index in [0.29, 0.717) is 10.8 Å². The Morgan fingerprint density at radius 2 is 2.27 bits per heavy atom. The van der Waals surface area contributed by atoms with Crippen LogP contribution in [0.25, 0.3) is 5.65 Å². The summed E-state index contributed by atoms with van der Waals surface area (Å²) >= 11 is 5.74. The van der Waals surface area contributed by atoms with Crippen molar-refractivity contribution >= 4 is 17.2 Å². The van der Waals surface area contributed by atoms with Gasteiger partial charge in [0.15, 0.2) is 10.8 Å². The highest BCUT2D eigenvalue weighted by molar-refractivity contribution is 6.32. The van der Waals surface area contributed by atoms with Gasteiger partial charge in [-0.2, -0.15) is 0 Å². The second-order valence-corrected chi connectivity index (χ2v) is 2.52. The monoisotopic (exact) mass is 168 g/mol. The average Bonchev–Trinajstić information content (AvgIpc) is 2.35. The van der Waals surface area contributed by atoms with Crippen LogP contribution >= 0.6 is 11.6 Å². The highest BCUT2D eigenvalue weighted by atomic mass is 35.5. The molecule has 2 aromatic rings. The Morgan fingerprint density at radius 3 is 3.00 bits per heavy atom. The van der Waals surface area contributed by atoms with E-state index in [1.807, 2.05) is 6.92 Å². The molecule has 0 aromatic carbocycles. The molecule has 0 saturated carbocycles. The van der Waals surface area contributed by atoms with Crippen LogP contribution in [0.3, 0.4) is 0 Å². The minimum atomic E-state index is 0.383. The highest BCUT2D eigenvalue weighted by Gasteiger charge is 2.03. The maximum Gasteiger partial charge on any atom is 0.198 e. The lowest BCUT2D eigenvalue weighted by atomic mass is 10.6. The molecule has 0 atom stereocenters. The van der Waals surface area contributed by atoms with E-state index in [2.05, 4.69) is 15.2 Å². The summed E-state index contributed by atoms with van der Waals surface area (Å²) in [5.74, 6) is 0.810. The molecule has 0 aliphatic heterocycles. The van der Waals surface area contributed by atoms with Crippen LogP contribution in [0.5, 0.6) is 0 Å². The Kier molecular flexibility index (Phi) is 1.29. The van der Waals surface area contributed by atoms with Gasteiger partial charge in [-0.05, 0) is 6.92 Å². The molecule has 0 aliphatic carbocycles. The van der Waals surface area contributed by atoms with Crippen LogP contribution in [-0.2, 0) is 0 Å². The third-order valence-corrected chi connectivity index (χ3v) is 1.72. The van der Waals surface area contributed by atoms with Gasteiger partial charge in [0.2, 0.25) is 0 Å². The second kappa shape index (κ2) is 2.17. The van der Waals surface area contributed by atoms with Gasteiger partial charge >= 0.3 is 0 Å². The average molecular weight is 169 g/mol. The molecule has 0 amide bonds. The van der Waals surface area contributed by atoms with E-state index >= 15 is 0 Å². The molecular weight excluding hydrogens is 164 g/mol. The summed E-state index contributed by atoms with van der Waals surface area (Å²) in [6.45, 7) is 1.86. The van der Waals surface area contributed by atoms with E-state index in [1.54, 1.807) is 16.8 Å². The van der Waals surface area contributed by atoms with Gasteiger partial charge < -0.3 is 0 Å². The van der Waals surface area contributed by atoms with Crippen LogP contribution in [0.4, 0.5) is 0 Å². The van der Waals surface area contributed by atoms with Crippen molar-refractivity contribution in [3.8, 4) is 0 Å². The largest absolute Gasteiger partial charge is 0.283 e. The predicted molar refractivity (Wildman–Crippen MR) is 40.5 cm³/mol. The highest BCUT2D eigenvalue weighted by Crippen LogP contribution is 2.10. The molecule has 0 N–H and O–H groups in total. The molecule has 0 radical (unpaired) electrons. The summed E-state index contributed by atoms with van der Waals surface area (Å²) in [5, 5.41) is 8.06. The van der Waals surface area contributed by atoms with Gasteiger partial charge in [0.25, 0.3) is 0 Å². The van der Waals surface area contributed by atoms with E-state index < -0.39 is 0 Å². The van der Waals surface area contributed by atoms with Crippen LogP contribution in [0.1, 0.15) is 5.82 Å². The standard InChI is InChI=1S/C6H5ClN4/c1-4-9-10-6-5(7)8-2-3-11(4)6/h2-3H,1H3. The van der Waals surface area contributed by atoms with E-state index in [9.17, 15) is 0 Å². The summed E-state index contributed by atoms with van der Waals surface area (Å²) in [6.07, 6.45) is 3.39. The maximum atomic E-state index is 5.74. The number of hydrogen-bond acceptors (Lipinski definition) is 3. The lowest BCUT2D eigenvalue weighted by Gasteiger charge is -1.92. The molecule has 0 fully saturated rings. The Balaban J connectivity index is 2.94. The first-order valence-corrected chi connectivity index (χ1v) is 3.48. The topological polar surface area (TPSA) is 43.1 Å². The maximum absolute atomic E-state index is 5.74. The van der Waals surface area contributed by atoms with Gasteiger partial charge in [-0.1, -0.05) is 11.6 Å². The van der Waals surface area contributed by atoms with Crippen LogP contribution in [0.2, 0.25) is 5.15 Å². The molecule has 2 aromatic heterocycles. The molecule has 2 heterocycles. The van der Waals surface area contributed by atoms with Crippen molar-refractivity contribution in [2.45, 2.75) is 6.92 Å². The van der Waals surface area contributed by atoms with Gasteiger partial charge in [-0.3, -0.25) is 4.40 Å². The summed E-state index contributed by atoms with van der Waals surface area (Å²) in [6, 6.07) is 0. The van der Waals surface area contributed by atoms with Crippen LogP contribution < -0.4 is 0 Å². The first-order valence-electron chi connectivity index (χ1n) is 3.11. The number of aryl methyl sites for hydroxylation is 1. The minimum Gasteiger partial charge on any atom is -0.283 e. The number of rotatable bonds is 0. The summed E-state index contributed by atoms with van der Waals surface area (Å²) in [4.78, 5) is 3.86. The van der Waals surface area contributed by atoms with Crippen molar-refractivity contribution in [3.05, 3.63) is 23.4 Å². The molecule has 4 nitrogen and oxygen atoms in total. The van der Waals surface area contributed by atoms with Crippen molar-refractivity contribution in [1.29, 1.82) is 0 Å². The smallest absolute Gasteiger partial charge is 0.198 e. The Morgan fingerprint density at radius 1 is 1.45 bits per heavy atom. The second-order valence-electron chi connectivity index (χ2n) is 2.16. The van der Waals surface area contributed by atoms with Crippen LogP contribution in [0.15, 0.2) is 12.4 Å². The molecule has 0 saturated heterocycles. The Labute approximate surface area is 67.8 Å². The molecule has 0 unspecified atom stereocenters. The number of hydrogen-bond donors (Lipinski definition) is 0. The normalized spacial score (nSPS) is 10.7. The Hall–Kier alpha value is -1.16.